The molecule has 1 aliphatic carbocycles. The Morgan fingerprint density at radius 1 is 1.29 bits per heavy atom. The van der Waals surface area contributed by atoms with E-state index in [0.717, 1.165) is 18.0 Å². The maximum atomic E-state index is 3.41. The molecule has 1 saturated heterocycles. The van der Waals surface area contributed by atoms with Gasteiger partial charge in [0.25, 0.3) is 0 Å². The number of hydrogen-bond acceptors (Lipinski definition) is 2. The lowest BCUT2D eigenvalue weighted by molar-refractivity contribution is 0.0960. The van der Waals surface area contributed by atoms with E-state index in [-0.39, 0.29) is 0 Å². The highest BCUT2D eigenvalue weighted by Crippen LogP contribution is 2.29. The summed E-state index contributed by atoms with van der Waals surface area (Å²) in [4.78, 5) is 2.71. The van der Waals surface area contributed by atoms with Gasteiger partial charge in [-0.3, -0.25) is 0 Å². The molecule has 1 N–H and O–H groups in total. The molecule has 2 nitrogen and oxygen atoms in total. The molecule has 82 valence electrons. The molecule has 2 rings (SSSR count). The predicted molar refractivity (Wildman–Crippen MR) is 60.5 cm³/mol. The van der Waals surface area contributed by atoms with Gasteiger partial charge >= 0.3 is 0 Å². The van der Waals surface area contributed by atoms with Gasteiger partial charge in [-0.15, -0.1) is 0 Å². The second kappa shape index (κ2) is 4.63. The van der Waals surface area contributed by atoms with E-state index in [9.17, 15) is 0 Å². The maximum absolute atomic E-state index is 3.41. The summed E-state index contributed by atoms with van der Waals surface area (Å²) in [6.45, 7) is 5.07. The van der Waals surface area contributed by atoms with Gasteiger partial charge in [0.2, 0.25) is 0 Å². The molecule has 14 heavy (non-hydrogen) atoms. The lowest BCUT2D eigenvalue weighted by Gasteiger charge is -2.41. The summed E-state index contributed by atoms with van der Waals surface area (Å²) in [6.07, 6.45) is 7.13. The number of hydrogen-bond donors (Lipinski definition) is 1. The Bertz CT molecular complexity index is 177. The molecule has 0 amide bonds. The van der Waals surface area contributed by atoms with E-state index >= 15 is 0 Å². The van der Waals surface area contributed by atoms with E-state index in [1.807, 2.05) is 0 Å². The van der Waals surface area contributed by atoms with Crippen LogP contribution < -0.4 is 5.32 Å². The van der Waals surface area contributed by atoms with E-state index in [0.29, 0.717) is 0 Å². The Balaban J connectivity index is 1.76. The third kappa shape index (κ3) is 2.29. The van der Waals surface area contributed by atoms with E-state index in [1.165, 1.54) is 45.2 Å². The van der Waals surface area contributed by atoms with Gasteiger partial charge < -0.3 is 10.2 Å². The van der Waals surface area contributed by atoms with E-state index < -0.39 is 0 Å². The molecule has 1 heterocycles. The van der Waals surface area contributed by atoms with Crippen LogP contribution in [0.3, 0.4) is 0 Å². The number of likely N-dealkylation sites (tertiary alicyclic amines) is 1. The second-order valence-electron chi connectivity index (χ2n) is 5.15. The van der Waals surface area contributed by atoms with Crippen LogP contribution >= 0.6 is 0 Å². The fraction of sp³-hybridized carbons (Fsp3) is 1.00. The van der Waals surface area contributed by atoms with Gasteiger partial charge in [-0.1, -0.05) is 6.42 Å². The highest BCUT2D eigenvalue weighted by molar-refractivity contribution is 4.84. The number of nitrogens with one attached hydrogen (secondary N) is 1. The minimum absolute atomic E-state index is 0.766. The van der Waals surface area contributed by atoms with Crippen molar-refractivity contribution in [3.63, 3.8) is 0 Å². The normalized spacial score (nSPS) is 35.6. The largest absolute Gasteiger partial charge is 0.317 e. The second-order valence-corrected chi connectivity index (χ2v) is 5.15. The smallest absolute Gasteiger partial charge is 0.00910 e. The van der Waals surface area contributed by atoms with Crippen LogP contribution in [0.4, 0.5) is 0 Å². The topological polar surface area (TPSA) is 15.3 Å². The van der Waals surface area contributed by atoms with Crippen molar-refractivity contribution in [2.24, 2.45) is 5.92 Å². The van der Waals surface area contributed by atoms with Gasteiger partial charge in [0, 0.05) is 18.6 Å². The third-order valence-corrected chi connectivity index (χ3v) is 4.14. The molecule has 0 aromatic heterocycles. The van der Waals surface area contributed by atoms with Gasteiger partial charge in [0.1, 0.15) is 0 Å². The Morgan fingerprint density at radius 2 is 2.07 bits per heavy atom. The van der Waals surface area contributed by atoms with Gasteiger partial charge in [0.15, 0.2) is 0 Å². The van der Waals surface area contributed by atoms with Crippen LogP contribution in [0.25, 0.3) is 0 Å². The summed E-state index contributed by atoms with van der Waals surface area (Å²) in [5.74, 6) is 1.03. The zero-order chi connectivity index (χ0) is 9.97. The summed E-state index contributed by atoms with van der Waals surface area (Å²) in [7, 11) is 2.10. The van der Waals surface area contributed by atoms with Crippen LogP contribution in [0.1, 0.15) is 39.0 Å². The van der Waals surface area contributed by atoms with E-state index in [1.54, 1.807) is 0 Å². The average molecular weight is 196 g/mol. The number of rotatable bonds is 3. The number of nitrogens with zero attached hydrogens (tertiary/aromatic N) is 1. The Hall–Kier alpha value is -0.0800. The first-order valence-corrected chi connectivity index (χ1v) is 6.21. The van der Waals surface area contributed by atoms with Crippen LogP contribution in [0, 0.1) is 5.92 Å². The molecule has 2 heteroatoms. The van der Waals surface area contributed by atoms with Gasteiger partial charge in [-0.2, -0.15) is 0 Å². The van der Waals surface area contributed by atoms with E-state index in [4.69, 9.17) is 0 Å². The van der Waals surface area contributed by atoms with Crippen molar-refractivity contribution in [2.45, 2.75) is 51.1 Å². The van der Waals surface area contributed by atoms with Crippen molar-refractivity contribution in [3.8, 4) is 0 Å². The van der Waals surface area contributed by atoms with Crippen molar-refractivity contribution in [3.05, 3.63) is 0 Å². The lowest BCUT2D eigenvalue weighted by atomic mass is 9.84. The quantitative estimate of drug-likeness (QED) is 0.741. The van der Waals surface area contributed by atoms with Crippen molar-refractivity contribution < 1.29 is 0 Å². The molecular formula is C12H24N2. The first-order valence-electron chi connectivity index (χ1n) is 6.21. The Labute approximate surface area is 88.1 Å². The minimum atomic E-state index is 0.766. The van der Waals surface area contributed by atoms with Gasteiger partial charge in [0.05, 0.1) is 0 Å². The molecule has 1 aliphatic heterocycles. The molecular weight excluding hydrogens is 172 g/mol. The average Bonchev–Trinajstić information content (AvgIpc) is 2.13. The first-order chi connectivity index (χ1) is 6.79. The van der Waals surface area contributed by atoms with E-state index in [2.05, 4.69) is 24.2 Å². The molecule has 2 fully saturated rings. The molecule has 0 aromatic rings. The van der Waals surface area contributed by atoms with Crippen molar-refractivity contribution in [2.75, 3.05) is 20.1 Å². The molecule has 2 unspecified atom stereocenters. The molecule has 2 atom stereocenters. The van der Waals surface area contributed by atoms with Gasteiger partial charge in [-0.25, -0.2) is 0 Å². The zero-order valence-electron chi connectivity index (χ0n) is 9.63. The first kappa shape index (κ1) is 10.4. The molecule has 1 saturated carbocycles. The van der Waals surface area contributed by atoms with Crippen molar-refractivity contribution in [1.82, 2.24) is 10.2 Å². The third-order valence-electron chi connectivity index (χ3n) is 4.14. The fourth-order valence-corrected chi connectivity index (χ4v) is 2.76. The SMILES string of the molecule is CNC1CCN(CC2CCC2)C(C)C1. The molecule has 0 aromatic carbocycles. The summed E-state index contributed by atoms with van der Waals surface area (Å²) < 4.78 is 0. The molecule has 0 spiro atoms. The molecule has 2 aliphatic rings. The summed E-state index contributed by atoms with van der Waals surface area (Å²) in [5.41, 5.74) is 0. The number of piperidine rings is 1. The predicted octanol–water partition coefficient (Wildman–Crippen LogP) is 1.86. The molecule has 0 radical (unpaired) electrons. The van der Waals surface area contributed by atoms with Gasteiger partial charge in [-0.05, 0) is 52.1 Å². The maximum Gasteiger partial charge on any atom is 0.00910 e. The van der Waals surface area contributed by atoms with Crippen LogP contribution in [0.5, 0.6) is 0 Å². The highest BCUT2D eigenvalue weighted by atomic mass is 15.2. The van der Waals surface area contributed by atoms with Crippen LogP contribution in [0.15, 0.2) is 0 Å². The van der Waals surface area contributed by atoms with Crippen LogP contribution in [0.2, 0.25) is 0 Å². The summed E-state index contributed by atoms with van der Waals surface area (Å²) >= 11 is 0. The summed E-state index contributed by atoms with van der Waals surface area (Å²) in [5, 5.41) is 3.41. The lowest BCUT2D eigenvalue weighted by Crippen LogP contribution is -2.48. The standard InChI is InChI=1S/C12H24N2/c1-10-8-12(13-2)6-7-14(10)9-11-4-3-5-11/h10-13H,3-9H2,1-2H3. The highest BCUT2D eigenvalue weighted by Gasteiger charge is 2.28. The molecule has 0 bridgehead atoms. The Kier molecular flexibility index (Phi) is 3.45. The monoisotopic (exact) mass is 196 g/mol. The minimum Gasteiger partial charge on any atom is -0.317 e. The van der Waals surface area contributed by atoms with Crippen LogP contribution in [-0.2, 0) is 0 Å². The Morgan fingerprint density at radius 3 is 2.57 bits per heavy atom. The fourth-order valence-electron chi connectivity index (χ4n) is 2.76. The van der Waals surface area contributed by atoms with Crippen LogP contribution in [-0.4, -0.2) is 37.1 Å². The van der Waals surface area contributed by atoms with Crippen molar-refractivity contribution in [1.29, 1.82) is 0 Å². The summed E-state index contributed by atoms with van der Waals surface area (Å²) in [6, 6.07) is 1.56. The zero-order valence-corrected chi connectivity index (χ0v) is 9.63. The van der Waals surface area contributed by atoms with Crippen molar-refractivity contribution >= 4 is 0 Å².